The molecule has 1 saturated heterocycles. The lowest BCUT2D eigenvalue weighted by Gasteiger charge is -2.42. The standard InChI is InChI=1S/C10H18O6/c1-9(2)15-6-10(4-11,7-16-9)5-14-3-8(12)13/h11H,3-7H2,1-2H3,(H,12,13). The Balaban J connectivity index is 2.43. The van der Waals surface area contributed by atoms with E-state index in [1.807, 2.05) is 0 Å². The van der Waals surface area contributed by atoms with E-state index in [0.717, 1.165) is 0 Å². The predicted molar refractivity (Wildman–Crippen MR) is 54.0 cm³/mol. The molecule has 2 N–H and O–H groups in total. The van der Waals surface area contributed by atoms with Gasteiger partial charge in [0.25, 0.3) is 0 Å². The number of aliphatic carboxylic acids is 1. The van der Waals surface area contributed by atoms with Crippen LogP contribution in [0.3, 0.4) is 0 Å². The maximum Gasteiger partial charge on any atom is 0.329 e. The van der Waals surface area contributed by atoms with Crippen molar-refractivity contribution in [1.82, 2.24) is 0 Å². The molecule has 1 fully saturated rings. The Morgan fingerprint density at radius 3 is 2.38 bits per heavy atom. The lowest BCUT2D eigenvalue weighted by atomic mass is 9.91. The summed E-state index contributed by atoms with van der Waals surface area (Å²) in [5.41, 5.74) is -0.662. The molecule has 0 bridgehead atoms. The molecule has 0 radical (unpaired) electrons. The molecule has 6 heteroatoms. The molecule has 0 saturated carbocycles. The largest absolute Gasteiger partial charge is 0.480 e. The van der Waals surface area contributed by atoms with Crippen LogP contribution in [-0.2, 0) is 19.0 Å². The normalized spacial score (nSPS) is 22.9. The smallest absolute Gasteiger partial charge is 0.329 e. The van der Waals surface area contributed by atoms with Crippen molar-refractivity contribution >= 4 is 5.97 Å². The molecule has 1 aliphatic rings. The summed E-state index contributed by atoms with van der Waals surface area (Å²) < 4.78 is 15.8. The van der Waals surface area contributed by atoms with E-state index in [0.29, 0.717) is 0 Å². The fraction of sp³-hybridized carbons (Fsp3) is 0.900. The first-order valence-electron chi connectivity index (χ1n) is 5.07. The SMILES string of the molecule is CC1(C)OCC(CO)(COCC(=O)O)CO1. The zero-order valence-electron chi connectivity index (χ0n) is 9.56. The van der Waals surface area contributed by atoms with Crippen molar-refractivity contribution in [2.24, 2.45) is 5.41 Å². The molecule has 0 amide bonds. The third-order valence-corrected chi connectivity index (χ3v) is 2.42. The highest BCUT2D eigenvalue weighted by atomic mass is 16.7. The Morgan fingerprint density at radius 1 is 1.38 bits per heavy atom. The van der Waals surface area contributed by atoms with Crippen LogP contribution in [0.25, 0.3) is 0 Å². The van der Waals surface area contributed by atoms with Crippen molar-refractivity contribution < 1.29 is 29.2 Å². The molecular weight excluding hydrogens is 216 g/mol. The third kappa shape index (κ3) is 3.71. The van der Waals surface area contributed by atoms with Crippen molar-refractivity contribution in [3.63, 3.8) is 0 Å². The number of carboxylic acid groups (broad SMARTS) is 1. The van der Waals surface area contributed by atoms with E-state index in [1.54, 1.807) is 13.8 Å². The van der Waals surface area contributed by atoms with E-state index in [9.17, 15) is 9.90 Å². The van der Waals surface area contributed by atoms with Gasteiger partial charge in [0, 0.05) is 0 Å². The van der Waals surface area contributed by atoms with E-state index in [1.165, 1.54) is 0 Å². The Kier molecular flexibility index (Phi) is 4.26. The Labute approximate surface area is 94.1 Å². The number of rotatable bonds is 5. The molecule has 94 valence electrons. The molecule has 0 aromatic carbocycles. The van der Waals surface area contributed by atoms with Crippen molar-refractivity contribution in [1.29, 1.82) is 0 Å². The first-order valence-corrected chi connectivity index (χ1v) is 5.07. The van der Waals surface area contributed by atoms with Gasteiger partial charge in [0.2, 0.25) is 0 Å². The second-order valence-corrected chi connectivity index (χ2v) is 4.52. The summed E-state index contributed by atoms with van der Waals surface area (Å²) in [6, 6.07) is 0. The number of aliphatic hydroxyl groups excluding tert-OH is 1. The summed E-state index contributed by atoms with van der Waals surface area (Å²) in [7, 11) is 0. The molecule has 16 heavy (non-hydrogen) atoms. The molecule has 0 atom stereocenters. The average Bonchev–Trinajstić information content (AvgIpc) is 2.21. The van der Waals surface area contributed by atoms with E-state index in [4.69, 9.17) is 19.3 Å². The molecular formula is C10H18O6. The van der Waals surface area contributed by atoms with Gasteiger partial charge in [-0.3, -0.25) is 0 Å². The van der Waals surface area contributed by atoms with Gasteiger partial charge in [0.1, 0.15) is 6.61 Å². The average molecular weight is 234 g/mol. The maximum atomic E-state index is 10.3. The van der Waals surface area contributed by atoms with E-state index >= 15 is 0 Å². The molecule has 0 aromatic heterocycles. The summed E-state index contributed by atoms with van der Waals surface area (Å²) in [6.45, 7) is 3.70. The van der Waals surface area contributed by atoms with Crippen molar-refractivity contribution in [2.75, 3.05) is 33.0 Å². The fourth-order valence-electron chi connectivity index (χ4n) is 1.31. The van der Waals surface area contributed by atoms with Gasteiger partial charge in [-0.15, -0.1) is 0 Å². The van der Waals surface area contributed by atoms with Gasteiger partial charge in [-0.2, -0.15) is 0 Å². The minimum absolute atomic E-state index is 0.103. The van der Waals surface area contributed by atoms with Gasteiger partial charge in [-0.25, -0.2) is 4.79 Å². The highest BCUT2D eigenvalue weighted by Gasteiger charge is 2.40. The van der Waals surface area contributed by atoms with Crippen LogP contribution < -0.4 is 0 Å². The zero-order valence-corrected chi connectivity index (χ0v) is 9.56. The van der Waals surface area contributed by atoms with Crippen LogP contribution in [-0.4, -0.2) is 55.0 Å². The monoisotopic (exact) mass is 234 g/mol. The number of aliphatic hydroxyl groups is 1. The van der Waals surface area contributed by atoms with Crippen LogP contribution in [0.15, 0.2) is 0 Å². The van der Waals surface area contributed by atoms with E-state index < -0.39 is 17.2 Å². The Hall–Kier alpha value is -0.690. The summed E-state index contributed by atoms with van der Waals surface area (Å²) in [4.78, 5) is 10.3. The van der Waals surface area contributed by atoms with Crippen molar-refractivity contribution in [3.05, 3.63) is 0 Å². The molecule has 0 aromatic rings. The lowest BCUT2D eigenvalue weighted by Crippen LogP contribution is -2.51. The molecule has 1 rings (SSSR count). The van der Waals surface area contributed by atoms with Crippen LogP contribution in [0.1, 0.15) is 13.8 Å². The molecule has 1 heterocycles. The highest BCUT2D eigenvalue weighted by molar-refractivity contribution is 5.67. The topological polar surface area (TPSA) is 85.2 Å². The minimum Gasteiger partial charge on any atom is -0.480 e. The number of carbonyl (C=O) groups is 1. The van der Waals surface area contributed by atoms with Gasteiger partial charge >= 0.3 is 5.97 Å². The lowest BCUT2D eigenvalue weighted by molar-refractivity contribution is -0.296. The van der Waals surface area contributed by atoms with Gasteiger partial charge in [0.05, 0.1) is 31.8 Å². The van der Waals surface area contributed by atoms with E-state index in [2.05, 4.69) is 0 Å². The quantitative estimate of drug-likeness (QED) is 0.688. The second kappa shape index (κ2) is 5.09. The summed E-state index contributed by atoms with van der Waals surface area (Å²) >= 11 is 0. The minimum atomic E-state index is -1.04. The predicted octanol–water partition coefficient (Wildman–Crippen LogP) is -0.151. The van der Waals surface area contributed by atoms with Gasteiger partial charge in [-0.1, -0.05) is 0 Å². The number of carboxylic acids is 1. The molecule has 6 nitrogen and oxygen atoms in total. The number of hydrogen-bond donors (Lipinski definition) is 2. The Bertz CT molecular complexity index is 240. The van der Waals surface area contributed by atoms with Crippen molar-refractivity contribution in [2.45, 2.75) is 19.6 Å². The van der Waals surface area contributed by atoms with Gasteiger partial charge in [-0.05, 0) is 13.8 Å². The number of ether oxygens (including phenoxy) is 3. The van der Waals surface area contributed by atoms with Crippen LogP contribution in [0, 0.1) is 5.41 Å². The van der Waals surface area contributed by atoms with Gasteiger partial charge in [0.15, 0.2) is 5.79 Å². The van der Waals surface area contributed by atoms with Crippen LogP contribution in [0.2, 0.25) is 0 Å². The molecule has 0 spiro atoms. The zero-order chi connectivity index (χ0) is 12.2. The fourth-order valence-corrected chi connectivity index (χ4v) is 1.31. The molecule has 0 aliphatic carbocycles. The first kappa shape index (κ1) is 13.4. The summed E-state index contributed by atoms with van der Waals surface area (Å²) in [6.07, 6.45) is 0. The Morgan fingerprint density at radius 2 is 1.94 bits per heavy atom. The number of hydrogen-bond acceptors (Lipinski definition) is 5. The summed E-state index contributed by atoms with van der Waals surface area (Å²) in [5.74, 6) is -1.70. The second-order valence-electron chi connectivity index (χ2n) is 4.52. The third-order valence-electron chi connectivity index (χ3n) is 2.42. The molecule has 1 aliphatic heterocycles. The van der Waals surface area contributed by atoms with Gasteiger partial charge < -0.3 is 24.4 Å². The van der Waals surface area contributed by atoms with E-state index in [-0.39, 0.29) is 33.0 Å². The summed E-state index contributed by atoms with van der Waals surface area (Å²) in [5, 5.41) is 17.7. The van der Waals surface area contributed by atoms with Crippen LogP contribution >= 0.6 is 0 Å². The van der Waals surface area contributed by atoms with Crippen LogP contribution in [0.5, 0.6) is 0 Å². The first-order chi connectivity index (χ1) is 7.39. The molecule has 0 unspecified atom stereocenters. The maximum absolute atomic E-state index is 10.3. The van der Waals surface area contributed by atoms with Crippen molar-refractivity contribution in [3.8, 4) is 0 Å². The van der Waals surface area contributed by atoms with Crippen LogP contribution in [0.4, 0.5) is 0 Å². The highest BCUT2D eigenvalue weighted by Crippen LogP contribution is 2.29.